The summed E-state index contributed by atoms with van der Waals surface area (Å²) in [5.74, 6) is 0.151. The van der Waals surface area contributed by atoms with E-state index in [1.807, 2.05) is 18.2 Å². The van der Waals surface area contributed by atoms with E-state index < -0.39 is 0 Å². The second-order valence-corrected chi connectivity index (χ2v) is 5.02. The Morgan fingerprint density at radius 1 is 1.29 bits per heavy atom. The summed E-state index contributed by atoms with van der Waals surface area (Å²) in [6.45, 7) is 2.06. The standard InChI is InChI=1S/C12H16BrN3O/c13-9-5-4-6-10(11(9)12(14)15-17)16-7-2-1-3-8-16/h4-6,17H,1-3,7-8H2,(H2,14,15). The van der Waals surface area contributed by atoms with E-state index in [-0.39, 0.29) is 5.84 Å². The van der Waals surface area contributed by atoms with Crippen molar-refractivity contribution in [2.45, 2.75) is 19.3 Å². The lowest BCUT2D eigenvalue weighted by molar-refractivity contribution is 0.318. The van der Waals surface area contributed by atoms with Gasteiger partial charge in [-0.25, -0.2) is 0 Å². The topological polar surface area (TPSA) is 61.9 Å². The van der Waals surface area contributed by atoms with Gasteiger partial charge >= 0.3 is 0 Å². The molecular formula is C12H16BrN3O. The smallest absolute Gasteiger partial charge is 0.173 e. The van der Waals surface area contributed by atoms with Crippen LogP contribution in [0.25, 0.3) is 0 Å². The van der Waals surface area contributed by atoms with E-state index in [2.05, 4.69) is 26.0 Å². The average molecular weight is 298 g/mol. The summed E-state index contributed by atoms with van der Waals surface area (Å²) in [7, 11) is 0. The molecule has 3 N–H and O–H groups in total. The molecule has 17 heavy (non-hydrogen) atoms. The fourth-order valence-electron chi connectivity index (χ4n) is 2.21. The highest BCUT2D eigenvalue weighted by molar-refractivity contribution is 9.10. The maximum Gasteiger partial charge on any atom is 0.173 e. The van der Waals surface area contributed by atoms with Gasteiger partial charge in [0.2, 0.25) is 0 Å². The molecule has 92 valence electrons. The van der Waals surface area contributed by atoms with Gasteiger partial charge in [0.15, 0.2) is 5.84 Å². The molecule has 0 saturated carbocycles. The molecule has 1 fully saturated rings. The minimum Gasteiger partial charge on any atom is -0.409 e. The summed E-state index contributed by atoms with van der Waals surface area (Å²) in [5, 5.41) is 12.0. The van der Waals surface area contributed by atoms with E-state index in [9.17, 15) is 0 Å². The second kappa shape index (κ2) is 5.40. The van der Waals surface area contributed by atoms with Crippen molar-refractivity contribution in [3.63, 3.8) is 0 Å². The largest absolute Gasteiger partial charge is 0.409 e. The zero-order valence-corrected chi connectivity index (χ0v) is 11.2. The first-order valence-electron chi connectivity index (χ1n) is 5.75. The average Bonchev–Trinajstić information content (AvgIpc) is 2.38. The Balaban J connectivity index is 2.41. The third-order valence-electron chi connectivity index (χ3n) is 3.05. The lowest BCUT2D eigenvalue weighted by Crippen LogP contribution is -2.31. The highest BCUT2D eigenvalue weighted by atomic mass is 79.9. The molecule has 0 atom stereocenters. The molecule has 1 aliphatic rings. The van der Waals surface area contributed by atoms with Gasteiger partial charge in [-0.15, -0.1) is 0 Å². The first-order valence-corrected chi connectivity index (χ1v) is 6.54. The van der Waals surface area contributed by atoms with Crippen molar-refractivity contribution in [1.82, 2.24) is 0 Å². The SMILES string of the molecule is N/C(=N/O)c1c(Br)cccc1N1CCCCC1. The normalized spacial score (nSPS) is 17.2. The minimum atomic E-state index is 0.151. The number of piperidine rings is 1. The summed E-state index contributed by atoms with van der Waals surface area (Å²) < 4.78 is 0.857. The molecule has 1 heterocycles. The van der Waals surface area contributed by atoms with E-state index >= 15 is 0 Å². The number of nitrogens with two attached hydrogens (primary N) is 1. The summed E-state index contributed by atoms with van der Waals surface area (Å²) in [5.41, 5.74) is 7.56. The van der Waals surface area contributed by atoms with Gasteiger partial charge in [0.05, 0.1) is 5.56 Å². The third kappa shape index (κ3) is 2.54. The Hall–Kier alpha value is -1.23. The Bertz CT molecular complexity index is 428. The predicted molar refractivity (Wildman–Crippen MR) is 72.7 cm³/mol. The van der Waals surface area contributed by atoms with Crippen molar-refractivity contribution >= 4 is 27.5 Å². The highest BCUT2D eigenvalue weighted by Crippen LogP contribution is 2.29. The van der Waals surface area contributed by atoms with Crippen LogP contribution in [0.3, 0.4) is 0 Å². The molecule has 1 aliphatic heterocycles. The van der Waals surface area contributed by atoms with Crippen molar-refractivity contribution in [1.29, 1.82) is 0 Å². The fraction of sp³-hybridized carbons (Fsp3) is 0.417. The van der Waals surface area contributed by atoms with Crippen LogP contribution < -0.4 is 10.6 Å². The van der Waals surface area contributed by atoms with Crippen LogP contribution in [0.4, 0.5) is 5.69 Å². The lowest BCUT2D eigenvalue weighted by Gasteiger charge is -2.30. The summed E-state index contributed by atoms with van der Waals surface area (Å²) >= 11 is 3.46. The molecule has 0 spiro atoms. The highest BCUT2D eigenvalue weighted by Gasteiger charge is 2.18. The Labute approximate surface area is 109 Å². The molecule has 0 amide bonds. The van der Waals surface area contributed by atoms with Gasteiger partial charge in [0.1, 0.15) is 0 Å². The van der Waals surface area contributed by atoms with Gasteiger partial charge in [0, 0.05) is 23.2 Å². The van der Waals surface area contributed by atoms with Gasteiger partial charge in [-0.05, 0) is 47.3 Å². The maximum atomic E-state index is 8.86. The Morgan fingerprint density at radius 3 is 2.65 bits per heavy atom. The number of hydrogen-bond acceptors (Lipinski definition) is 3. The number of halogens is 1. The van der Waals surface area contributed by atoms with Crippen LogP contribution in [-0.4, -0.2) is 24.1 Å². The van der Waals surface area contributed by atoms with Crippen LogP contribution in [0, 0.1) is 0 Å². The number of oxime groups is 1. The van der Waals surface area contributed by atoms with Crippen molar-refractivity contribution < 1.29 is 5.21 Å². The molecular weight excluding hydrogens is 282 g/mol. The second-order valence-electron chi connectivity index (χ2n) is 4.17. The maximum absolute atomic E-state index is 8.86. The molecule has 1 saturated heterocycles. The number of rotatable bonds is 2. The molecule has 1 aromatic rings. The quantitative estimate of drug-likeness (QED) is 0.382. The van der Waals surface area contributed by atoms with Crippen molar-refractivity contribution in [3.8, 4) is 0 Å². The molecule has 0 bridgehead atoms. The molecule has 0 radical (unpaired) electrons. The van der Waals surface area contributed by atoms with Crippen LogP contribution in [0.1, 0.15) is 24.8 Å². The van der Waals surface area contributed by atoms with Crippen LogP contribution in [0.5, 0.6) is 0 Å². The summed E-state index contributed by atoms with van der Waals surface area (Å²) in [6.07, 6.45) is 3.67. The van der Waals surface area contributed by atoms with Crippen molar-refractivity contribution in [2.24, 2.45) is 10.9 Å². The van der Waals surface area contributed by atoms with Gasteiger partial charge in [0.25, 0.3) is 0 Å². The Kier molecular flexibility index (Phi) is 3.89. The lowest BCUT2D eigenvalue weighted by atomic mass is 10.1. The predicted octanol–water partition coefficient (Wildman–Crippen LogP) is 2.53. The molecule has 1 aromatic carbocycles. The Morgan fingerprint density at radius 2 is 2.00 bits per heavy atom. The third-order valence-corrected chi connectivity index (χ3v) is 3.71. The number of anilines is 1. The zero-order valence-electron chi connectivity index (χ0n) is 9.56. The van der Waals surface area contributed by atoms with Crippen molar-refractivity contribution in [2.75, 3.05) is 18.0 Å². The van der Waals surface area contributed by atoms with Gasteiger partial charge in [-0.3, -0.25) is 0 Å². The van der Waals surface area contributed by atoms with Crippen molar-refractivity contribution in [3.05, 3.63) is 28.2 Å². The number of nitrogens with zero attached hydrogens (tertiary/aromatic N) is 2. The number of hydrogen-bond donors (Lipinski definition) is 2. The first kappa shape index (κ1) is 12.2. The van der Waals surface area contributed by atoms with Gasteiger partial charge in [-0.2, -0.15) is 0 Å². The number of benzene rings is 1. The first-order chi connectivity index (χ1) is 8.24. The van der Waals surface area contributed by atoms with Gasteiger partial charge < -0.3 is 15.8 Å². The minimum absolute atomic E-state index is 0.151. The molecule has 5 heteroatoms. The molecule has 0 aliphatic carbocycles. The van der Waals surface area contributed by atoms with Crippen LogP contribution >= 0.6 is 15.9 Å². The van der Waals surface area contributed by atoms with E-state index in [1.165, 1.54) is 19.3 Å². The molecule has 0 unspecified atom stereocenters. The number of amidine groups is 1. The monoisotopic (exact) mass is 297 g/mol. The van der Waals surface area contributed by atoms with E-state index in [1.54, 1.807) is 0 Å². The molecule has 2 rings (SSSR count). The zero-order chi connectivity index (χ0) is 12.3. The van der Waals surface area contributed by atoms with Crippen LogP contribution in [0.2, 0.25) is 0 Å². The van der Waals surface area contributed by atoms with E-state index in [4.69, 9.17) is 10.9 Å². The van der Waals surface area contributed by atoms with Crippen LogP contribution in [0.15, 0.2) is 27.8 Å². The summed E-state index contributed by atoms with van der Waals surface area (Å²) in [6, 6.07) is 5.90. The molecule has 4 nitrogen and oxygen atoms in total. The summed E-state index contributed by atoms with van der Waals surface area (Å²) in [4.78, 5) is 2.29. The molecule has 0 aromatic heterocycles. The van der Waals surface area contributed by atoms with Crippen LogP contribution in [-0.2, 0) is 0 Å². The van der Waals surface area contributed by atoms with E-state index in [0.717, 1.165) is 28.8 Å². The van der Waals surface area contributed by atoms with Gasteiger partial charge in [-0.1, -0.05) is 11.2 Å². The fourth-order valence-corrected chi connectivity index (χ4v) is 2.77. The van der Waals surface area contributed by atoms with E-state index in [0.29, 0.717) is 0 Å².